The van der Waals surface area contributed by atoms with Gasteiger partial charge in [0, 0.05) is 12.6 Å². The zero-order chi connectivity index (χ0) is 11.3. The maximum atomic E-state index is 11.5. The highest BCUT2D eigenvalue weighted by Crippen LogP contribution is 2.09. The van der Waals surface area contributed by atoms with Crippen LogP contribution in [0.25, 0.3) is 0 Å². The molecule has 0 unspecified atom stereocenters. The van der Waals surface area contributed by atoms with Gasteiger partial charge in [-0.15, -0.1) is 0 Å². The van der Waals surface area contributed by atoms with E-state index in [1.807, 2.05) is 44.2 Å². The van der Waals surface area contributed by atoms with Crippen LogP contribution in [0.15, 0.2) is 30.3 Å². The first-order chi connectivity index (χ1) is 7.15. The second-order valence-corrected chi connectivity index (χ2v) is 3.68. The van der Waals surface area contributed by atoms with E-state index in [1.54, 1.807) is 4.90 Å². The van der Waals surface area contributed by atoms with E-state index in [2.05, 4.69) is 0 Å². The molecule has 0 aliphatic rings. The fourth-order valence-corrected chi connectivity index (χ4v) is 1.36. The molecule has 0 saturated carbocycles. The summed E-state index contributed by atoms with van der Waals surface area (Å²) >= 11 is 0. The number of carbonyl (C=O) groups excluding carboxylic acids is 1. The number of carbonyl (C=O) groups is 1. The average molecular weight is 207 g/mol. The van der Waals surface area contributed by atoms with Crippen LogP contribution in [0.3, 0.4) is 0 Å². The Hall–Kier alpha value is -1.51. The van der Waals surface area contributed by atoms with E-state index in [9.17, 15) is 4.79 Å². The van der Waals surface area contributed by atoms with Crippen molar-refractivity contribution in [2.75, 3.05) is 7.11 Å². The molecule has 0 heterocycles. The van der Waals surface area contributed by atoms with Crippen LogP contribution in [0.4, 0.5) is 4.79 Å². The summed E-state index contributed by atoms with van der Waals surface area (Å²) in [6.07, 6.45) is -0.283. The number of hydrogen-bond donors (Lipinski definition) is 0. The summed E-state index contributed by atoms with van der Waals surface area (Å²) in [5.74, 6) is 0. The second-order valence-electron chi connectivity index (χ2n) is 3.68. The molecule has 0 saturated heterocycles. The molecular formula is C12H17NO2. The summed E-state index contributed by atoms with van der Waals surface area (Å²) in [4.78, 5) is 13.2. The monoisotopic (exact) mass is 207 g/mol. The third-order valence-corrected chi connectivity index (χ3v) is 2.23. The minimum Gasteiger partial charge on any atom is -0.453 e. The number of benzene rings is 1. The number of hydrogen-bond acceptors (Lipinski definition) is 2. The third kappa shape index (κ3) is 3.27. The standard InChI is InChI=1S/C12H17NO2/c1-10(2)13(12(14)15-3)9-11-7-5-4-6-8-11/h4-8,10H,9H2,1-3H3. The Morgan fingerprint density at radius 1 is 1.33 bits per heavy atom. The fraction of sp³-hybridized carbons (Fsp3) is 0.417. The van der Waals surface area contributed by atoms with Gasteiger partial charge in [-0.2, -0.15) is 0 Å². The highest BCUT2D eigenvalue weighted by atomic mass is 16.5. The van der Waals surface area contributed by atoms with Gasteiger partial charge in [-0.05, 0) is 19.4 Å². The topological polar surface area (TPSA) is 29.5 Å². The normalized spacial score (nSPS) is 10.1. The van der Waals surface area contributed by atoms with Crippen molar-refractivity contribution in [3.63, 3.8) is 0 Å². The molecule has 82 valence electrons. The lowest BCUT2D eigenvalue weighted by molar-refractivity contribution is 0.108. The molecule has 0 spiro atoms. The smallest absolute Gasteiger partial charge is 0.410 e. The lowest BCUT2D eigenvalue weighted by Crippen LogP contribution is -2.36. The van der Waals surface area contributed by atoms with Crippen molar-refractivity contribution in [2.45, 2.75) is 26.4 Å². The molecule has 0 radical (unpaired) electrons. The van der Waals surface area contributed by atoms with Gasteiger partial charge in [0.05, 0.1) is 7.11 Å². The van der Waals surface area contributed by atoms with Crippen LogP contribution in [-0.2, 0) is 11.3 Å². The fourth-order valence-electron chi connectivity index (χ4n) is 1.36. The number of methoxy groups -OCH3 is 1. The molecule has 0 aliphatic carbocycles. The molecule has 0 N–H and O–H groups in total. The van der Waals surface area contributed by atoms with Gasteiger partial charge >= 0.3 is 6.09 Å². The first-order valence-corrected chi connectivity index (χ1v) is 5.03. The maximum absolute atomic E-state index is 11.5. The van der Waals surface area contributed by atoms with Crippen LogP contribution in [0.2, 0.25) is 0 Å². The van der Waals surface area contributed by atoms with Gasteiger partial charge in [0.25, 0.3) is 0 Å². The first-order valence-electron chi connectivity index (χ1n) is 5.03. The zero-order valence-electron chi connectivity index (χ0n) is 9.43. The Morgan fingerprint density at radius 3 is 2.40 bits per heavy atom. The van der Waals surface area contributed by atoms with E-state index in [4.69, 9.17) is 4.74 Å². The van der Waals surface area contributed by atoms with Gasteiger partial charge < -0.3 is 9.64 Å². The summed E-state index contributed by atoms with van der Waals surface area (Å²) in [5.41, 5.74) is 1.11. The molecular weight excluding hydrogens is 190 g/mol. The molecule has 3 nitrogen and oxygen atoms in total. The highest BCUT2D eigenvalue weighted by Gasteiger charge is 2.17. The molecule has 15 heavy (non-hydrogen) atoms. The minimum atomic E-state index is -0.283. The predicted molar refractivity (Wildman–Crippen MR) is 59.5 cm³/mol. The lowest BCUT2D eigenvalue weighted by Gasteiger charge is -2.25. The van der Waals surface area contributed by atoms with E-state index in [0.29, 0.717) is 6.54 Å². The van der Waals surface area contributed by atoms with E-state index in [0.717, 1.165) is 5.56 Å². The van der Waals surface area contributed by atoms with Gasteiger partial charge in [-0.3, -0.25) is 0 Å². The van der Waals surface area contributed by atoms with Crippen molar-refractivity contribution in [3.8, 4) is 0 Å². The van der Waals surface area contributed by atoms with Crippen molar-refractivity contribution >= 4 is 6.09 Å². The van der Waals surface area contributed by atoms with Gasteiger partial charge in [0.2, 0.25) is 0 Å². The van der Waals surface area contributed by atoms with Crippen molar-refractivity contribution in [2.24, 2.45) is 0 Å². The number of rotatable bonds is 3. The Morgan fingerprint density at radius 2 is 1.93 bits per heavy atom. The number of nitrogens with zero attached hydrogens (tertiary/aromatic N) is 1. The summed E-state index contributed by atoms with van der Waals surface area (Å²) in [6.45, 7) is 4.53. The van der Waals surface area contributed by atoms with Crippen molar-refractivity contribution in [1.29, 1.82) is 0 Å². The second kappa shape index (κ2) is 5.39. The summed E-state index contributed by atoms with van der Waals surface area (Å²) in [7, 11) is 1.41. The van der Waals surface area contributed by atoms with E-state index in [-0.39, 0.29) is 12.1 Å². The Kier molecular flexibility index (Phi) is 4.16. The van der Waals surface area contributed by atoms with Crippen LogP contribution >= 0.6 is 0 Å². The first kappa shape index (κ1) is 11.6. The molecule has 1 aromatic carbocycles. The lowest BCUT2D eigenvalue weighted by atomic mass is 10.2. The van der Waals surface area contributed by atoms with Crippen LogP contribution < -0.4 is 0 Å². The molecule has 0 fully saturated rings. The summed E-state index contributed by atoms with van der Waals surface area (Å²) in [6, 6.07) is 10.0. The molecule has 3 heteroatoms. The molecule has 0 atom stereocenters. The van der Waals surface area contributed by atoms with E-state index < -0.39 is 0 Å². The quantitative estimate of drug-likeness (QED) is 0.762. The van der Waals surface area contributed by atoms with Crippen LogP contribution in [0, 0.1) is 0 Å². The zero-order valence-corrected chi connectivity index (χ0v) is 9.43. The Labute approximate surface area is 90.7 Å². The number of ether oxygens (including phenoxy) is 1. The van der Waals surface area contributed by atoms with E-state index in [1.165, 1.54) is 7.11 Å². The summed E-state index contributed by atoms with van der Waals surface area (Å²) in [5, 5.41) is 0. The average Bonchev–Trinajstić information content (AvgIpc) is 2.26. The molecule has 0 aliphatic heterocycles. The van der Waals surface area contributed by atoms with Crippen LogP contribution in [0.5, 0.6) is 0 Å². The molecule has 0 aromatic heterocycles. The SMILES string of the molecule is COC(=O)N(Cc1ccccc1)C(C)C. The van der Waals surface area contributed by atoms with Gasteiger partial charge in [0.1, 0.15) is 0 Å². The van der Waals surface area contributed by atoms with Crippen LogP contribution in [0.1, 0.15) is 19.4 Å². The van der Waals surface area contributed by atoms with Crippen molar-refractivity contribution < 1.29 is 9.53 Å². The van der Waals surface area contributed by atoms with Crippen LogP contribution in [-0.4, -0.2) is 24.1 Å². The van der Waals surface area contributed by atoms with Gasteiger partial charge in [0.15, 0.2) is 0 Å². The van der Waals surface area contributed by atoms with Gasteiger partial charge in [-0.1, -0.05) is 30.3 Å². The molecule has 1 rings (SSSR count). The minimum absolute atomic E-state index is 0.137. The molecule has 1 aromatic rings. The Balaban J connectivity index is 2.72. The molecule has 1 amide bonds. The maximum Gasteiger partial charge on any atom is 0.410 e. The van der Waals surface area contributed by atoms with Gasteiger partial charge in [-0.25, -0.2) is 4.79 Å². The summed E-state index contributed by atoms with van der Waals surface area (Å²) < 4.78 is 4.73. The van der Waals surface area contributed by atoms with Crippen molar-refractivity contribution in [3.05, 3.63) is 35.9 Å². The predicted octanol–water partition coefficient (Wildman–Crippen LogP) is 2.66. The Bertz CT molecular complexity index is 309. The highest BCUT2D eigenvalue weighted by molar-refractivity contribution is 5.67. The number of amides is 1. The van der Waals surface area contributed by atoms with E-state index >= 15 is 0 Å². The largest absolute Gasteiger partial charge is 0.453 e. The van der Waals surface area contributed by atoms with Crippen molar-refractivity contribution in [1.82, 2.24) is 4.90 Å². The molecule has 0 bridgehead atoms. The third-order valence-electron chi connectivity index (χ3n) is 2.23.